The van der Waals surface area contributed by atoms with Crippen LogP contribution in [0.15, 0.2) is 23.3 Å². The van der Waals surface area contributed by atoms with Crippen molar-refractivity contribution in [3.63, 3.8) is 0 Å². The Kier molecular flexibility index (Phi) is 2.88. The number of hydrogen-bond acceptors (Lipinski definition) is 3. The number of hydrogen-bond donors (Lipinski definition) is 1. The molecular weight excluding hydrogens is 262 g/mol. The molecule has 1 aliphatic heterocycles. The molecule has 3 nitrogen and oxygen atoms in total. The van der Waals surface area contributed by atoms with E-state index in [4.69, 9.17) is 0 Å². The molecule has 20 heavy (non-hydrogen) atoms. The fourth-order valence-electron chi connectivity index (χ4n) is 3.22. The van der Waals surface area contributed by atoms with Crippen molar-refractivity contribution in [3.8, 4) is 0 Å². The van der Waals surface area contributed by atoms with E-state index in [0.717, 1.165) is 12.5 Å². The van der Waals surface area contributed by atoms with Crippen molar-refractivity contribution in [2.24, 2.45) is 16.4 Å². The number of nitrogens with zero attached hydrogens (tertiary/aromatic N) is 1. The summed E-state index contributed by atoms with van der Waals surface area (Å²) in [4.78, 5) is 12.3. The summed E-state index contributed by atoms with van der Waals surface area (Å²) < 4.78 is 26.7. The van der Waals surface area contributed by atoms with Gasteiger partial charge in [0.2, 0.25) is 0 Å². The van der Waals surface area contributed by atoms with Gasteiger partial charge in [-0.05, 0) is 24.0 Å². The molecule has 1 aromatic rings. The van der Waals surface area contributed by atoms with E-state index in [1.807, 2.05) is 13.8 Å². The molecule has 0 radical (unpaired) electrons. The monoisotopic (exact) mass is 278 g/mol. The predicted molar refractivity (Wildman–Crippen MR) is 71.3 cm³/mol. The summed E-state index contributed by atoms with van der Waals surface area (Å²) in [5.74, 6) is -1.63. The van der Waals surface area contributed by atoms with Crippen LogP contribution >= 0.6 is 0 Å². The van der Waals surface area contributed by atoms with Gasteiger partial charge < -0.3 is 5.43 Å². The fourth-order valence-corrected chi connectivity index (χ4v) is 3.22. The van der Waals surface area contributed by atoms with Gasteiger partial charge in [0.15, 0.2) is 0 Å². The van der Waals surface area contributed by atoms with Crippen LogP contribution in [0.2, 0.25) is 0 Å². The van der Waals surface area contributed by atoms with E-state index in [-0.39, 0.29) is 17.2 Å². The van der Waals surface area contributed by atoms with E-state index in [9.17, 15) is 13.6 Å². The van der Waals surface area contributed by atoms with Crippen LogP contribution in [-0.2, 0) is 4.79 Å². The van der Waals surface area contributed by atoms with E-state index < -0.39 is 17.6 Å². The molecule has 5 heteroatoms. The first kappa shape index (κ1) is 13.2. The highest BCUT2D eigenvalue weighted by Crippen LogP contribution is 2.39. The lowest BCUT2D eigenvalue weighted by Crippen LogP contribution is -2.45. The molecule has 0 spiro atoms. The minimum atomic E-state index is -0.658. The molecule has 0 amide bonds. The van der Waals surface area contributed by atoms with E-state index in [2.05, 4.69) is 10.5 Å². The summed E-state index contributed by atoms with van der Waals surface area (Å²) in [5.41, 5.74) is 3.68. The van der Waals surface area contributed by atoms with Gasteiger partial charge in [-0.3, -0.25) is 4.79 Å². The van der Waals surface area contributed by atoms with Crippen LogP contribution in [0.25, 0.3) is 0 Å². The molecular formula is C15H16F2N2O. The summed E-state index contributed by atoms with van der Waals surface area (Å²) in [5, 5.41) is 4.16. The first-order chi connectivity index (χ1) is 9.35. The van der Waals surface area contributed by atoms with Crippen molar-refractivity contribution in [1.82, 2.24) is 5.43 Å². The number of fused-ring (bicyclic) bond motifs is 1. The van der Waals surface area contributed by atoms with Crippen LogP contribution in [0.1, 0.15) is 32.3 Å². The Balaban J connectivity index is 1.95. The third-order valence-corrected chi connectivity index (χ3v) is 3.98. The molecule has 0 saturated heterocycles. The average molecular weight is 278 g/mol. The van der Waals surface area contributed by atoms with Crippen molar-refractivity contribution < 1.29 is 13.6 Å². The lowest BCUT2D eigenvalue weighted by Gasteiger charge is -2.36. The Labute approximate surface area is 116 Å². The Morgan fingerprint density at radius 2 is 1.90 bits per heavy atom. The molecule has 2 unspecified atom stereocenters. The number of benzene rings is 1. The molecule has 1 aromatic carbocycles. The zero-order valence-electron chi connectivity index (χ0n) is 11.4. The third kappa shape index (κ3) is 2.21. The van der Waals surface area contributed by atoms with Gasteiger partial charge in [-0.1, -0.05) is 13.8 Å². The van der Waals surface area contributed by atoms with Gasteiger partial charge in [0.1, 0.15) is 17.4 Å². The topological polar surface area (TPSA) is 41.5 Å². The number of carbonyl (C=O) groups is 1. The molecule has 1 heterocycles. The summed E-state index contributed by atoms with van der Waals surface area (Å²) >= 11 is 0. The van der Waals surface area contributed by atoms with Crippen molar-refractivity contribution in [3.05, 3.63) is 35.4 Å². The number of halogens is 2. The first-order valence-corrected chi connectivity index (χ1v) is 6.68. The number of ketones is 1. The predicted octanol–water partition coefficient (Wildman–Crippen LogP) is 2.65. The lowest BCUT2D eigenvalue weighted by atomic mass is 9.68. The minimum absolute atomic E-state index is 0.0661. The quantitative estimate of drug-likeness (QED) is 0.858. The molecule has 3 rings (SSSR count). The fraction of sp³-hybridized carbons (Fsp3) is 0.467. The van der Waals surface area contributed by atoms with Crippen molar-refractivity contribution in [1.29, 1.82) is 0 Å². The number of Topliss-reactive ketones (excluding diaryl/α,β-unsaturated/α-hetero) is 1. The van der Waals surface area contributed by atoms with Gasteiger partial charge in [0.25, 0.3) is 0 Å². The van der Waals surface area contributed by atoms with Gasteiger partial charge >= 0.3 is 0 Å². The summed E-state index contributed by atoms with van der Waals surface area (Å²) in [7, 11) is 0. The molecule has 2 aliphatic rings. The van der Waals surface area contributed by atoms with Crippen LogP contribution in [-0.4, -0.2) is 17.5 Å². The van der Waals surface area contributed by atoms with Crippen LogP contribution in [0, 0.1) is 23.0 Å². The second kappa shape index (κ2) is 4.36. The van der Waals surface area contributed by atoms with Crippen molar-refractivity contribution in [2.75, 3.05) is 0 Å². The summed E-state index contributed by atoms with van der Waals surface area (Å²) in [6, 6.07) is 3.18. The number of rotatable bonds is 1. The van der Waals surface area contributed by atoms with Crippen LogP contribution in [0.3, 0.4) is 0 Å². The molecule has 1 saturated carbocycles. The normalized spacial score (nSPS) is 27.8. The Bertz CT molecular complexity index is 590. The Morgan fingerprint density at radius 1 is 1.25 bits per heavy atom. The Morgan fingerprint density at radius 3 is 2.55 bits per heavy atom. The first-order valence-electron chi connectivity index (χ1n) is 6.68. The van der Waals surface area contributed by atoms with E-state index in [1.54, 1.807) is 0 Å². The average Bonchev–Trinajstić information content (AvgIpc) is 2.69. The van der Waals surface area contributed by atoms with E-state index in [1.165, 1.54) is 12.1 Å². The summed E-state index contributed by atoms with van der Waals surface area (Å²) in [6.45, 7) is 4.09. The second-order valence-electron chi connectivity index (χ2n) is 6.38. The molecule has 0 aromatic heterocycles. The van der Waals surface area contributed by atoms with Gasteiger partial charge in [-0.2, -0.15) is 5.10 Å². The summed E-state index contributed by atoms with van der Waals surface area (Å²) in [6.07, 6.45) is 1.28. The van der Waals surface area contributed by atoms with Crippen LogP contribution in [0.5, 0.6) is 0 Å². The van der Waals surface area contributed by atoms with Crippen LogP contribution < -0.4 is 5.43 Å². The zero-order chi connectivity index (χ0) is 14.5. The minimum Gasteiger partial charge on any atom is -0.306 e. The maximum Gasteiger partial charge on any atom is 0.144 e. The van der Waals surface area contributed by atoms with Crippen LogP contribution in [0.4, 0.5) is 8.78 Å². The maximum atomic E-state index is 13.3. The van der Waals surface area contributed by atoms with Gasteiger partial charge in [0, 0.05) is 18.1 Å². The van der Waals surface area contributed by atoms with E-state index >= 15 is 0 Å². The highest BCUT2D eigenvalue weighted by molar-refractivity contribution is 6.15. The molecule has 0 bridgehead atoms. The molecule has 106 valence electrons. The van der Waals surface area contributed by atoms with Gasteiger partial charge in [0.05, 0.1) is 17.7 Å². The number of nitrogens with one attached hydrogen (secondary N) is 1. The smallest absolute Gasteiger partial charge is 0.144 e. The third-order valence-electron chi connectivity index (χ3n) is 3.98. The number of hydrazone groups is 1. The number of carbonyl (C=O) groups excluding carboxylic acids is 1. The Hall–Kier alpha value is -1.78. The van der Waals surface area contributed by atoms with Gasteiger partial charge in [-0.15, -0.1) is 0 Å². The van der Waals surface area contributed by atoms with Gasteiger partial charge in [-0.25, -0.2) is 8.78 Å². The maximum absolute atomic E-state index is 13.3. The van der Waals surface area contributed by atoms with Crippen molar-refractivity contribution >= 4 is 11.5 Å². The largest absolute Gasteiger partial charge is 0.306 e. The van der Waals surface area contributed by atoms with E-state index in [0.29, 0.717) is 17.7 Å². The molecule has 1 fully saturated rings. The highest BCUT2D eigenvalue weighted by atomic mass is 19.1. The SMILES string of the molecule is CC1(C)CC(=O)C2C(c3cc(F)cc(F)c3)=NNC2C1. The molecule has 1 aliphatic carbocycles. The highest BCUT2D eigenvalue weighted by Gasteiger charge is 2.46. The van der Waals surface area contributed by atoms with Crippen molar-refractivity contribution in [2.45, 2.75) is 32.7 Å². The molecule has 2 atom stereocenters. The zero-order valence-corrected chi connectivity index (χ0v) is 11.4. The second-order valence-corrected chi connectivity index (χ2v) is 6.38. The molecule has 1 N–H and O–H groups in total. The standard InChI is InChI=1S/C15H16F2N2O/c1-15(2)6-11-13(12(20)7-15)14(19-18-11)8-3-9(16)5-10(17)4-8/h3-5,11,13,18H,6-7H2,1-2H3. The lowest BCUT2D eigenvalue weighted by molar-refractivity contribution is -0.126.